The lowest BCUT2D eigenvalue weighted by molar-refractivity contribution is -0.123. The molecule has 0 aliphatic heterocycles. The van der Waals surface area contributed by atoms with Gasteiger partial charge in [-0.15, -0.1) is 11.3 Å². The van der Waals surface area contributed by atoms with Gasteiger partial charge in [0.2, 0.25) is 15.9 Å². The topological polar surface area (TPSA) is 119 Å². The van der Waals surface area contributed by atoms with Gasteiger partial charge < -0.3 is 10.6 Å². The molecule has 1 heterocycles. The molecule has 0 radical (unpaired) electrons. The molecule has 1 aromatic heterocycles. The standard InChI is InChI=1S/C26H28N4O4S2/c1-30(36(33,34)24-10-5-3-8-20(24)17-27)14-6-13-28-25(31)21(15-18-11-12-18)29-26(32)23-16-19-7-2-4-9-22(19)35-23/h2-5,7-10,16,18,21H,6,11-15H2,1H3,(H,28,31)(H,29,32)/t21-/m0/s1. The second kappa shape index (κ2) is 11.2. The van der Waals surface area contributed by atoms with E-state index in [0.717, 1.165) is 22.9 Å². The van der Waals surface area contributed by atoms with Crippen molar-refractivity contribution in [2.24, 2.45) is 5.92 Å². The minimum Gasteiger partial charge on any atom is -0.354 e. The predicted molar refractivity (Wildman–Crippen MR) is 139 cm³/mol. The van der Waals surface area contributed by atoms with Gasteiger partial charge in [0, 0.05) is 24.8 Å². The third-order valence-electron chi connectivity index (χ3n) is 6.18. The van der Waals surface area contributed by atoms with Crippen LogP contribution < -0.4 is 10.6 Å². The van der Waals surface area contributed by atoms with Crippen molar-refractivity contribution in [3.8, 4) is 6.07 Å². The fraction of sp³-hybridized carbons (Fsp3) is 0.346. The summed E-state index contributed by atoms with van der Waals surface area (Å²) in [4.78, 5) is 26.3. The summed E-state index contributed by atoms with van der Waals surface area (Å²) in [6.07, 6.45) is 3.07. The van der Waals surface area contributed by atoms with Gasteiger partial charge in [0.15, 0.2) is 0 Å². The van der Waals surface area contributed by atoms with Crippen LogP contribution in [0.4, 0.5) is 0 Å². The van der Waals surface area contributed by atoms with Crippen LogP contribution in [0.2, 0.25) is 0 Å². The lowest BCUT2D eigenvalue weighted by atomic mass is 10.1. The molecule has 36 heavy (non-hydrogen) atoms. The van der Waals surface area contributed by atoms with Crippen LogP contribution in [0.25, 0.3) is 10.1 Å². The number of carbonyl (C=O) groups is 2. The van der Waals surface area contributed by atoms with Gasteiger partial charge in [0.1, 0.15) is 12.1 Å². The monoisotopic (exact) mass is 524 g/mol. The number of nitrogens with one attached hydrogen (secondary N) is 2. The van der Waals surface area contributed by atoms with Gasteiger partial charge in [0.05, 0.1) is 15.3 Å². The van der Waals surface area contributed by atoms with Crippen molar-refractivity contribution in [2.75, 3.05) is 20.1 Å². The van der Waals surface area contributed by atoms with Crippen molar-refractivity contribution in [3.05, 3.63) is 65.0 Å². The van der Waals surface area contributed by atoms with Crippen LogP contribution in [-0.2, 0) is 14.8 Å². The van der Waals surface area contributed by atoms with E-state index in [2.05, 4.69) is 10.6 Å². The van der Waals surface area contributed by atoms with Crippen molar-refractivity contribution in [3.63, 3.8) is 0 Å². The third-order valence-corrected chi connectivity index (χ3v) is 9.21. The minimum absolute atomic E-state index is 0.0347. The fourth-order valence-corrected chi connectivity index (χ4v) is 6.26. The average molecular weight is 525 g/mol. The Morgan fingerprint density at radius 2 is 1.89 bits per heavy atom. The number of rotatable bonds is 11. The largest absolute Gasteiger partial charge is 0.354 e. The lowest BCUT2D eigenvalue weighted by Crippen LogP contribution is -2.47. The number of hydrogen-bond donors (Lipinski definition) is 2. The summed E-state index contributed by atoms with van der Waals surface area (Å²) in [7, 11) is -2.37. The number of thiophene rings is 1. The molecule has 0 saturated heterocycles. The summed E-state index contributed by atoms with van der Waals surface area (Å²) >= 11 is 1.40. The van der Waals surface area contributed by atoms with Crippen LogP contribution in [0.15, 0.2) is 59.5 Å². The molecule has 0 unspecified atom stereocenters. The summed E-state index contributed by atoms with van der Waals surface area (Å²) in [5.41, 5.74) is 0.0925. The quantitative estimate of drug-likeness (QED) is 0.372. The van der Waals surface area contributed by atoms with Gasteiger partial charge in [-0.25, -0.2) is 12.7 Å². The van der Waals surface area contributed by atoms with Crippen molar-refractivity contribution >= 4 is 43.3 Å². The molecular weight excluding hydrogens is 496 g/mol. The zero-order valence-corrected chi connectivity index (χ0v) is 21.6. The average Bonchev–Trinajstić information content (AvgIpc) is 3.59. The molecular formula is C26H28N4O4S2. The summed E-state index contributed by atoms with van der Waals surface area (Å²) in [5, 5.41) is 16.0. The highest BCUT2D eigenvalue weighted by molar-refractivity contribution is 7.89. The Labute approximate surface area is 215 Å². The van der Waals surface area contributed by atoms with E-state index < -0.39 is 16.1 Å². The molecule has 188 valence electrons. The number of nitriles is 1. The van der Waals surface area contributed by atoms with Crippen molar-refractivity contribution < 1.29 is 18.0 Å². The SMILES string of the molecule is CN(CCCNC(=O)[C@H](CC1CC1)NC(=O)c1cc2ccccc2s1)S(=O)(=O)c1ccccc1C#N. The van der Waals surface area contributed by atoms with E-state index >= 15 is 0 Å². The molecule has 10 heteroatoms. The molecule has 1 saturated carbocycles. The Hall–Kier alpha value is -3.26. The van der Waals surface area contributed by atoms with Crippen LogP contribution in [0.3, 0.4) is 0 Å². The van der Waals surface area contributed by atoms with Crippen LogP contribution in [0, 0.1) is 17.2 Å². The first kappa shape index (κ1) is 25.8. The molecule has 2 aromatic carbocycles. The molecule has 0 spiro atoms. The first-order valence-electron chi connectivity index (χ1n) is 11.8. The zero-order chi connectivity index (χ0) is 25.7. The fourth-order valence-electron chi connectivity index (χ4n) is 3.95. The van der Waals surface area contributed by atoms with Crippen molar-refractivity contribution in [1.82, 2.24) is 14.9 Å². The number of amides is 2. The molecule has 1 atom stereocenters. The molecule has 0 bridgehead atoms. The number of hydrogen-bond acceptors (Lipinski definition) is 6. The number of sulfonamides is 1. The third kappa shape index (κ3) is 6.10. The van der Waals surface area contributed by atoms with Gasteiger partial charge in [-0.2, -0.15) is 5.26 Å². The highest BCUT2D eigenvalue weighted by Crippen LogP contribution is 2.34. The molecule has 4 rings (SSSR count). The number of nitrogens with zero attached hydrogens (tertiary/aromatic N) is 2. The van der Waals surface area contributed by atoms with E-state index in [9.17, 15) is 23.3 Å². The summed E-state index contributed by atoms with van der Waals surface area (Å²) < 4.78 is 27.9. The van der Waals surface area contributed by atoms with Crippen LogP contribution in [0.5, 0.6) is 0 Å². The van der Waals surface area contributed by atoms with Gasteiger partial charge in [-0.3, -0.25) is 9.59 Å². The molecule has 2 N–H and O–H groups in total. The molecule has 1 aliphatic carbocycles. The summed E-state index contributed by atoms with van der Waals surface area (Å²) in [5.74, 6) is -0.101. The Balaban J connectivity index is 1.31. The minimum atomic E-state index is -3.82. The second-order valence-corrected chi connectivity index (χ2v) is 12.0. The Bertz CT molecular complexity index is 1370. The Morgan fingerprint density at radius 3 is 2.61 bits per heavy atom. The maximum atomic E-state index is 12.9. The molecule has 1 aliphatic rings. The van der Waals surface area contributed by atoms with Crippen LogP contribution in [0.1, 0.15) is 40.9 Å². The molecule has 2 amide bonds. The smallest absolute Gasteiger partial charge is 0.262 e. The first-order chi connectivity index (χ1) is 17.3. The van der Waals surface area contributed by atoms with E-state index in [-0.39, 0.29) is 35.4 Å². The van der Waals surface area contributed by atoms with Gasteiger partial charge in [-0.05, 0) is 48.4 Å². The maximum absolute atomic E-state index is 12.9. The normalized spacial score (nSPS) is 14.4. The maximum Gasteiger partial charge on any atom is 0.262 e. The van der Waals surface area contributed by atoms with E-state index in [0.29, 0.717) is 23.6 Å². The first-order valence-corrected chi connectivity index (χ1v) is 14.1. The van der Waals surface area contributed by atoms with E-state index in [4.69, 9.17) is 0 Å². The summed E-state index contributed by atoms with van der Waals surface area (Å²) in [6.45, 7) is 0.433. The Kier molecular flexibility index (Phi) is 8.04. The van der Waals surface area contributed by atoms with Gasteiger partial charge >= 0.3 is 0 Å². The van der Waals surface area contributed by atoms with Crippen molar-refractivity contribution in [2.45, 2.75) is 36.6 Å². The number of carbonyl (C=O) groups excluding carboxylic acids is 2. The van der Waals surface area contributed by atoms with Gasteiger partial charge in [-0.1, -0.05) is 43.2 Å². The van der Waals surface area contributed by atoms with Crippen molar-refractivity contribution in [1.29, 1.82) is 5.26 Å². The van der Waals surface area contributed by atoms with Crippen LogP contribution in [-0.4, -0.2) is 50.7 Å². The predicted octanol–water partition coefficient (Wildman–Crippen LogP) is 3.50. The second-order valence-electron chi connectivity index (χ2n) is 8.93. The highest BCUT2D eigenvalue weighted by Gasteiger charge is 2.31. The van der Waals surface area contributed by atoms with E-state index in [1.807, 2.05) is 36.4 Å². The van der Waals surface area contributed by atoms with Gasteiger partial charge in [0.25, 0.3) is 5.91 Å². The molecule has 1 fully saturated rings. The van der Waals surface area contributed by atoms with Crippen LogP contribution >= 0.6 is 11.3 Å². The number of benzene rings is 2. The van der Waals surface area contributed by atoms with E-state index in [1.165, 1.54) is 34.8 Å². The zero-order valence-electron chi connectivity index (χ0n) is 19.9. The summed E-state index contributed by atoms with van der Waals surface area (Å²) in [6, 6.07) is 16.9. The molecule has 8 nitrogen and oxygen atoms in total. The lowest BCUT2D eigenvalue weighted by Gasteiger charge is -2.20. The highest BCUT2D eigenvalue weighted by atomic mass is 32.2. The van der Waals surface area contributed by atoms with E-state index in [1.54, 1.807) is 12.1 Å². The number of fused-ring (bicyclic) bond motifs is 1. The molecule has 3 aromatic rings. The Morgan fingerprint density at radius 1 is 1.17 bits per heavy atom.